The van der Waals surface area contributed by atoms with Gasteiger partial charge in [-0.1, -0.05) is 0 Å². The molecular formula is C18H24F3N7O2S. The average Bonchev–Trinajstić information content (AvgIpc) is 3.20. The molecule has 2 saturated heterocycles. The second kappa shape index (κ2) is 8.02. The van der Waals surface area contributed by atoms with E-state index in [0.29, 0.717) is 37.3 Å². The molecule has 3 heterocycles. The lowest BCUT2D eigenvalue weighted by molar-refractivity contribution is -0.139. The van der Waals surface area contributed by atoms with Gasteiger partial charge in [-0.15, -0.1) is 5.10 Å². The van der Waals surface area contributed by atoms with E-state index in [4.69, 9.17) is 5.73 Å². The quantitative estimate of drug-likeness (QED) is 0.683. The first-order valence-corrected chi connectivity index (χ1v) is 11.9. The first-order valence-electron chi connectivity index (χ1n) is 9.97. The van der Waals surface area contributed by atoms with E-state index in [9.17, 15) is 21.6 Å². The number of H-pyrrole nitrogens is 1. The van der Waals surface area contributed by atoms with Gasteiger partial charge in [-0.25, -0.2) is 13.5 Å². The van der Waals surface area contributed by atoms with Crippen molar-refractivity contribution in [2.45, 2.75) is 30.0 Å². The summed E-state index contributed by atoms with van der Waals surface area (Å²) >= 11 is 0. The average molecular weight is 459 g/mol. The number of benzene rings is 1. The Balaban J connectivity index is 1.70. The van der Waals surface area contributed by atoms with E-state index >= 15 is 0 Å². The molecule has 0 atom stereocenters. The Morgan fingerprint density at radius 2 is 1.90 bits per heavy atom. The van der Waals surface area contributed by atoms with E-state index in [2.05, 4.69) is 25.5 Å². The van der Waals surface area contributed by atoms with Crippen LogP contribution in [0.25, 0.3) is 11.4 Å². The first-order chi connectivity index (χ1) is 14.6. The molecule has 1 aromatic carbocycles. The number of nitrogens with zero attached hydrogens (tertiary/aromatic N) is 5. The normalized spacial score (nSPS) is 19.6. The minimum absolute atomic E-state index is 0.114. The van der Waals surface area contributed by atoms with E-state index in [-0.39, 0.29) is 11.4 Å². The van der Waals surface area contributed by atoms with Crippen molar-refractivity contribution < 1.29 is 21.6 Å². The van der Waals surface area contributed by atoms with Crippen molar-refractivity contribution >= 4 is 15.5 Å². The molecule has 4 rings (SSSR count). The fraction of sp³-hybridized carbons (Fsp3) is 0.611. The predicted octanol–water partition coefficient (Wildman–Crippen LogP) is 1.15. The number of aromatic amines is 1. The maximum Gasteiger partial charge on any atom is 0.417 e. The Kier molecular flexibility index (Phi) is 5.68. The molecule has 0 unspecified atom stereocenters. The minimum Gasteiger partial charge on any atom is -0.371 e. The number of nitrogens with two attached hydrogens (primary N) is 1. The Morgan fingerprint density at radius 1 is 1.23 bits per heavy atom. The van der Waals surface area contributed by atoms with E-state index in [1.165, 1.54) is 6.07 Å². The number of halogens is 3. The van der Waals surface area contributed by atoms with Crippen molar-refractivity contribution in [3.63, 3.8) is 0 Å². The predicted molar refractivity (Wildman–Crippen MR) is 107 cm³/mol. The lowest BCUT2D eigenvalue weighted by Crippen LogP contribution is -2.57. The van der Waals surface area contributed by atoms with Gasteiger partial charge in [-0.3, -0.25) is 4.90 Å². The van der Waals surface area contributed by atoms with E-state index < -0.39 is 26.5 Å². The SMILES string of the molecule is CS(=O)(=O)c1c(C(F)(F)F)ccc(N2CCC(N3CC(CN)C3)CC2)c1-c1nnn[nH]1. The molecular weight excluding hydrogens is 435 g/mol. The van der Waals surface area contributed by atoms with Crippen LogP contribution in [0.1, 0.15) is 18.4 Å². The number of alkyl halides is 3. The summed E-state index contributed by atoms with van der Waals surface area (Å²) in [6, 6.07) is 2.52. The van der Waals surface area contributed by atoms with Crippen molar-refractivity contribution in [1.29, 1.82) is 0 Å². The molecule has 0 spiro atoms. The number of piperidine rings is 1. The fourth-order valence-electron chi connectivity index (χ4n) is 4.47. The third kappa shape index (κ3) is 4.26. The largest absolute Gasteiger partial charge is 0.417 e. The number of hydrogen-bond acceptors (Lipinski definition) is 8. The van der Waals surface area contributed by atoms with Crippen LogP contribution in [-0.4, -0.2) is 79.0 Å². The maximum absolute atomic E-state index is 13.7. The molecule has 2 fully saturated rings. The molecule has 3 N–H and O–H groups in total. The maximum atomic E-state index is 13.7. The lowest BCUT2D eigenvalue weighted by Gasteiger charge is -2.47. The number of hydrogen-bond donors (Lipinski definition) is 2. The molecule has 0 bridgehead atoms. The third-order valence-electron chi connectivity index (χ3n) is 6.03. The molecule has 2 aliphatic heterocycles. The highest BCUT2D eigenvalue weighted by molar-refractivity contribution is 7.91. The van der Waals surface area contributed by atoms with Crippen LogP contribution in [0.4, 0.5) is 18.9 Å². The van der Waals surface area contributed by atoms with Crippen LogP contribution in [0.15, 0.2) is 17.0 Å². The highest BCUT2D eigenvalue weighted by atomic mass is 32.2. The van der Waals surface area contributed by atoms with E-state index in [1.54, 1.807) is 0 Å². The van der Waals surface area contributed by atoms with Gasteiger partial charge in [0.15, 0.2) is 15.7 Å². The van der Waals surface area contributed by atoms with Crippen molar-refractivity contribution in [2.75, 3.05) is 43.9 Å². The van der Waals surface area contributed by atoms with E-state index in [1.807, 2.05) is 4.90 Å². The number of sulfone groups is 1. The van der Waals surface area contributed by atoms with Gasteiger partial charge in [0.25, 0.3) is 0 Å². The molecule has 9 nitrogen and oxygen atoms in total. The van der Waals surface area contributed by atoms with Gasteiger partial charge >= 0.3 is 6.18 Å². The first kappa shape index (κ1) is 22.0. The van der Waals surface area contributed by atoms with Gasteiger partial charge in [0, 0.05) is 44.2 Å². The van der Waals surface area contributed by atoms with Crippen LogP contribution in [0.5, 0.6) is 0 Å². The van der Waals surface area contributed by atoms with E-state index in [0.717, 1.165) is 38.3 Å². The smallest absolute Gasteiger partial charge is 0.371 e. The van der Waals surface area contributed by atoms with Crippen LogP contribution >= 0.6 is 0 Å². The molecule has 0 radical (unpaired) electrons. The number of aromatic nitrogens is 4. The zero-order chi connectivity index (χ0) is 22.4. The summed E-state index contributed by atoms with van der Waals surface area (Å²) in [7, 11) is -4.24. The van der Waals surface area contributed by atoms with Gasteiger partial charge in [0.2, 0.25) is 0 Å². The number of likely N-dealkylation sites (tertiary alicyclic amines) is 1. The fourth-order valence-corrected chi connectivity index (χ4v) is 5.62. The summed E-state index contributed by atoms with van der Waals surface area (Å²) in [6.07, 6.45) is -2.44. The lowest BCUT2D eigenvalue weighted by atomic mass is 9.93. The van der Waals surface area contributed by atoms with Crippen molar-refractivity contribution in [3.8, 4) is 11.4 Å². The zero-order valence-corrected chi connectivity index (χ0v) is 17.7. The minimum atomic E-state index is -4.84. The van der Waals surface area contributed by atoms with Gasteiger partial charge in [-0.2, -0.15) is 13.2 Å². The molecule has 1 aromatic heterocycles. The van der Waals surface area contributed by atoms with Gasteiger partial charge in [0.1, 0.15) is 0 Å². The van der Waals surface area contributed by atoms with Gasteiger partial charge < -0.3 is 10.6 Å². The van der Waals surface area contributed by atoms with Gasteiger partial charge in [-0.05, 0) is 47.9 Å². The van der Waals surface area contributed by atoms with Crippen LogP contribution in [-0.2, 0) is 16.0 Å². The summed E-state index contributed by atoms with van der Waals surface area (Å²) in [5, 5.41) is 13.0. The Hall–Kier alpha value is -2.25. The number of tetrazole rings is 1. The number of rotatable bonds is 5. The molecule has 2 aliphatic rings. The topological polar surface area (TPSA) is 121 Å². The van der Waals surface area contributed by atoms with Crippen molar-refractivity contribution in [2.24, 2.45) is 11.7 Å². The summed E-state index contributed by atoms with van der Waals surface area (Å²) in [4.78, 5) is 3.47. The summed E-state index contributed by atoms with van der Waals surface area (Å²) < 4.78 is 66.0. The second-order valence-corrected chi connectivity index (χ2v) is 10.1. The monoisotopic (exact) mass is 459 g/mol. The number of nitrogens with one attached hydrogen (secondary N) is 1. The molecule has 0 amide bonds. The molecule has 2 aromatic rings. The zero-order valence-electron chi connectivity index (χ0n) is 16.9. The van der Waals surface area contributed by atoms with Crippen molar-refractivity contribution in [1.82, 2.24) is 25.5 Å². The molecule has 31 heavy (non-hydrogen) atoms. The highest BCUT2D eigenvalue weighted by Gasteiger charge is 2.40. The molecule has 13 heteroatoms. The highest BCUT2D eigenvalue weighted by Crippen LogP contribution is 2.43. The van der Waals surface area contributed by atoms with Crippen molar-refractivity contribution in [3.05, 3.63) is 17.7 Å². The second-order valence-electron chi connectivity index (χ2n) is 8.13. The number of anilines is 1. The summed E-state index contributed by atoms with van der Waals surface area (Å²) in [6.45, 7) is 3.77. The van der Waals surface area contributed by atoms with Crippen LogP contribution in [0.3, 0.4) is 0 Å². The van der Waals surface area contributed by atoms with Crippen LogP contribution < -0.4 is 10.6 Å². The Labute approximate surface area is 177 Å². The van der Waals surface area contributed by atoms with Crippen LogP contribution in [0, 0.1) is 5.92 Å². The third-order valence-corrected chi connectivity index (χ3v) is 7.20. The molecule has 0 aliphatic carbocycles. The molecule has 0 saturated carbocycles. The Bertz CT molecular complexity index is 1030. The summed E-state index contributed by atoms with van der Waals surface area (Å²) in [5.74, 6) is 0.410. The summed E-state index contributed by atoms with van der Waals surface area (Å²) in [5.41, 5.74) is 4.69. The molecule has 170 valence electrons. The van der Waals surface area contributed by atoms with Crippen LogP contribution in [0.2, 0.25) is 0 Å². The Morgan fingerprint density at radius 3 is 2.42 bits per heavy atom. The standard InChI is InChI=1S/C18H24F3N7O2S/c1-31(29,30)16-13(18(19,20)21)2-3-14(15(16)17-23-25-26-24-17)27-6-4-12(5-7-27)28-9-11(8-22)10-28/h2-3,11-12H,4-10,22H2,1H3,(H,23,24,25,26). The van der Waals surface area contributed by atoms with Gasteiger partial charge in [0.05, 0.1) is 16.0 Å².